The van der Waals surface area contributed by atoms with E-state index < -0.39 is 7.25 Å². The molecule has 4 aliphatic rings. The molecule has 0 amide bonds. The molecule has 2 unspecified atom stereocenters. The van der Waals surface area contributed by atoms with E-state index in [1.807, 2.05) is 0 Å². The number of rotatable bonds is 2. The predicted molar refractivity (Wildman–Crippen MR) is 68.5 cm³/mol. The van der Waals surface area contributed by atoms with Crippen molar-refractivity contribution in [1.29, 1.82) is 0 Å². The summed E-state index contributed by atoms with van der Waals surface area (Å²) in [5.41, 5.74) is 3.20. The maximum absolute atomic E-state index is 9.75. The Morgan fingerprint density at radius 1 is 0.850 bits per heavy atom. The summed E-state index contributed by atoms with van der Waals surface area (Å²) < 4.78 is 40.2. The normalized spacial score (nSPS) is 36.2. The van der Waals surface area contributed by atoms with E-state index in [4.69, 9.17) is 0 Å². The van der Waals surface area contributed by atoms with Crippen LogP contribution in [0.3, 0.4) is 0 Å². The van der Waals surface area contributed by atoms with Crippen LogP contribution in [0.4, 0.5) is 17.3 Å². The molecule has 2 atom stereocenters. The van der Waals surface area contributed by atoms with E-state index in [1.54, 1.807) is 11.1 Å². The van der Waals surface area contributed by atoms with Crippen LogP contribution in [0.15, 0.2) is 47.6 Å². The van der Waals surface area contributed by atoms with Crippen LogP contribution in [0, 0.1) is 0 Å². The van der Waals surface area contributed by atoms with E-state index in [1.165, 1.54) is 25.7 Å². The summed E-state index contributed by atoms with van der Waals surface area (Å²) in [6.45, 7) is 0. The van der Waals surface area contributed by atoms with E-state index in [9.17, 15) is 17.3 Å². The van der Waals surface area contributed by atoms with Crippen molar-refractivity contribution in [3.63, 3.8) is 0 Å². The van der Waals surface area contributed by atoms with Crippen LogP contribution in [-0.2, 0) is 17.1 Å². The summed E-state index contributed by atoms with van der Waals surface area (Å²) in [6.07, 6.45) is 20.0. The Morgan fingerprint density at radius 3 is 1.45 bits per heavy atom. The number of fused-ring (bicyclic) bond motifs is 4. The van der Waals surface area contributed by atoms with Crippen molar-refractivity contribution in [2.45, 2.75) is 33.7 Å². The molecule has 4 bridgehead atoms. The maximum Gasteiger partial charge on any atom is 0.673 e. The molecule has 0 spiro atoms. The van der Waals surface area contributed by atoms with E-state index in [-0.39, 0.29) is 0 Å². The monoisotopic (exact) mass is 372 g/mol. The summed E-state index contributed by atoms with van der Waals surface area (Å²) in [5.74, 6) is 0. The summed E-state index contributed by atoms with van der Waals surface area (Å²) in [4.78, 5) is 0. The molecule has 0 radical (unpaired) electrons. The van der Waals surface area contributed by atoms with Crippen molar-refractivity contribution in [3.8, 4) is 0 Å². The smallest absolute Gasteiger partial charge is 0.418 e. The molecule has 0 fully saturated rings. The first-order valence-corrected chi connectivity index (χ1v) is 8.18. The van der Waals surface area contributed by atoms with Crippen LogP contribution in [0.5, 0.6) is 0 Å². The fourth-order valence-corrected chi connectivity index (χ4v) is 6.87. The minimum atomic E-state index is -6.00. The zero-order valence-corrected chi connectivity index (χ0v) is 12.4. The van der Waals surface area contributed by atoms with Crippen LogP contribution in [-0.4, -0.2) is 7.25 Å². The van der Waals surface area contributed by atoms with Gasteiger partial charge in [-0.1, -0.05) is 0 Å². The van der Waals surface area contributed by atoms with Gasteiger partial charge in [-0.3, -0.25) is 0 Å². The summed E-state index contributed by atoms with van der Waals surface area (Å²) >= 11 is 0.656. The Hall–Kier alpha value is -0.632. The van der Waals surface area contributed by atoms with E-state index in [2.05, 4.69) is 36.5 Å². The molecule has 0 saturated carbocycles. The van der Waals surface area contributed by atoms with Gasteiger partial charge in [-0.2, -0.15) is 0 Å². The maximum atomic E-state index is 9.75. The molecule has 0 N–H and O–H groups in total. The van der Waals surface area contributed by atoms with Crippen molar-refractivity contribution in [1.82, 2.24) is 0 Å². The second kappa shape index (κ2) is 4.69. The molecule has 0 heterocycles. The minimum absolute atomic E-state index is 0.577. The molecule has 4 rings (SSSR count). The number of hydrogen-bond donors (Lipinski definition) is 0. The Balaban J connectivity index is 0.000000213. The fourth-order valence-electron chi connectivity index (χ4n) is 3.07. The molecular weight excluding hydrogens is 358 g/mol. The van der Waals surface area contributed by atoms with Crippen molar-refractivity contribution < 1.29 is 34.4 Å². The number of halogens is 4. The first-order chi connectivity index (χ1) is 9.28. The van der Waals surface area contributed by atoms with Crippen LogP contribution >= 0.6 is 0 Å². The topological polar surface area (TPSA) is 0 Å². The van der Waals surface area contributed by atoms with Gasteiger partial charge >= 0.3 is 106 Å². The Kier molecular flexibility index (Phi) is 3.36. The zero-order valence-electron chi connectivity index (χ0n) is 10.7. The van der Waals surface area contributed by atoms with Gasteiger partial charge in [0.15, 0.2) is 0 Å². The van der Waals surface area contributed by atoms with Crippen molar-refractivity contribution in [2.24, 2.45) is 0 Å². The standard InChI is InChI=1S/2C7H7.BF4.Rh/c2*1-2-7-4-3-6(1)5-7;2-1(3,4)5;/h2*1-3H,4-5H2;;/q;;-1;+1. The SMILES string of the molecule is C1=C[C]2([Rh+][C]34C=CC(=CC3)C4)CC=C1C2.F[B-](F)(F)F. The average Bonchev–Trinajstić information content (AvgIpc) is 3.04. The quantitative estimate of drug-likeness (QED) is 0.458. The molecule has 0 aromatic carbocycles. The molecule has 0 aromatic rings. The van der Waals surface area contributed by atoms with E-state index in [0.717, 1.165) is 0 Å². The van der Waals surface area contributed by atoms with Gasteiger partial charge in [-0.05, 0) is 0 Å². The Labute approximate surface area is 123 Å². The molecule has 0 aliphatic heterocycles. The van der Waals surface area contributed by atoms with Crippen molar-refractivity contribution in [2.75, 3.05) is 0 Å². The molecular formula is C14H14BF4Rh. The first-order valence-electron chi connectivity index (χ1n) is 6.54. The van der Waals surface area contributed by atoms with Gasteiger partial charge in [0.1, 0.15) is 0 Å². The van der Waals surface area contributed by atoms with E-state index in [0.29, 0.717) is 25.1 Å². The van der Waals surface area contributed by atoms with E-state index >= 15 is 0 Å². The van der Waals surface area contributed by atoms with Gasteiger partial charge < -0.3 is 17.3 Å². The van der Waals surface area contributed by atoms with Gasteiger partial charge in [0.2, 0.25) is 0 Å². The van der Waals surface area contributed by atoms with Crippen LogP contribution < -0.4 is 0 Å². The predicted octanol–water partition coefficient (Wildman–Crippen LogP) is 5.27. The molecule has 0 aromatic heterocycles. The number of allylic oxidation sites excluding steroid dienone is 8. The number of hydrogen-bond acceptors (Lipinski definition) is 0. The first kappa shape index (κ1) is 14.3. The van der Waals surface area contributed by atoms with Gasteiger partial charge in [-0.15, -0.1) is 0 Å². The van der Waals surface area contributed by atoms with Crippen LogP contribution in [0.1, 0.15) is 25.7 Å². The minimum Gasteiger partial charge on any atom is -0.418 e. The van der Waals surface area contributed by atoms with Crippen molar-refractivity contribution in [3.05, 3.63) is 47.6 Å². The second-order valence-electron chi connectivity index (χ2n) is 5.55. The third kappa shape index (κ3) is 3.00. The summed E-state index contributed by atoms with van der Waals surface area (Å²) in [6, 6.07) is 0. The summed E-state index contributed by atoms with van der Waals surface area (Å²) in [7, 11) is -6.00. The van der Waals surface area contributed by atoms with Crippen molar-refractivity contribution >= 4 is 7.25 Å². The molecule has 4 aliphatic carbocycles. The fraction of sp³-hybridized carbons (Fsp3) is 0.429. The van der Waals surface area contributed by atoms with Crippen LogP contribution in [0.2, 0.25) is 8.02 Å². The van der Waals surface area contributed by atoms with Crippen LogP contribution in [0.25, 0.3) is 0 Å². The summed E-state index contributed by atoms with van der Waals surface area (Å²) in [5, 5.41) is 0. The Bertz CT molecular complexity index is 498. The van der Waals surface area contributed by atoms with Gasteiger partial charge in [0, 0.05) is 0 Å². The van der Waals surface area contributed by atoms with Gasteiger partial charge in [-0.25, -0.2) is 0 Å². The molecule has 20 heavy (non-hydrogen) atoms. The third-order valence-corrected chi connectivity index (χ3v) is 7.30. The second-order valence-corrected chi connectivity index (χ2v) is 9.22. The molecule has 110 valence electrons. The molecule has 0 nitrogen and oxygen atoms in total. The van der Waals surface area contributed by atoms with Gasteiger partial charge in [0.05, 0.1) is 0 Å². The Morgan fingerprint density at radius 2 is 1.25 bits per heavy atom. The largest absolute Gasteiger partial charge is 0.673 e. The molecule has 0 saturated heterocycles. The zero-order chi connectivity index (χ0) is 14.4. The molecule has 6 heteroatoms. The van der Waals surface area contributed by atoms with Gasteiger partial charge in [0.25, 0.3) is 0 Å². The average molecular weight is 372 g/mol. The third-order valence-electron chi connectivity index (χ3n) is 3.88.